The summed E-state index contributed by atoms with van der Waals surface area (Å²) >= 11 is 0. The molecule has 18 heavy (non-hydrogen) atoms. The van der Waals surface area contributed by atoms with E-state index in [0.29, 0.717) is 5.56 Å². The molecule has 0 aromatic heterocycles. The number of nitrogens with zero attached hydrogens (tertiary/aromatic N) is 1. The second-order valence-corrected chi connectivity index (χ2v) is 5.53. The molecule has 0 radical (unpaired) electrons. The van der Waals surface area contributed by atoms with Gasteiger partial charge in [0.05, 0.1) is 23.0 Å². The van der Waals surface area contributed by atoms with Gasteiger partial charge in [0.1, 0.15) is 0 Å². The molecule has 1 unspecified atom stereocenters. The number of nitro groups is 1. The lowest BCUT2D eigenvalue weighted by atomic mass is 10.1. The van der Waals surface area contributed by atoms with Crippen LogP contribution in [0, 0.1) is 10.1 Å². The third kappa shape index (κ3) is 3.67. The molecule has 0 amide bonds. The zero-order valence-electron chi connectivity index (χ0n) is 10.2. The third-order valence-electron chi connectivity index (χ3n) is 2.33. The summed E-state index contributed by atoms with van der Waals surface area (Å²) in [5.41, 5.74) is 0.572. The maximum Gasteiger partial charge on any atom is 0.269 e. The number of hydrogen-bond donors (Lipinski definition) is 1. The van der Waals surface area contributed by atoms with Crippen molar-refractivity contribution in [1.29, 1.82) is 0 Å². The van der Waals surface area contributed by atoms with E-state index in [1.54, 1.807) is 6.92 Å². The molecule has 1 N–H and O–H groups in total. The minimum atomic E-state index is -3.45. The Kier molecular flexibility index (Phi) is 4.25. The van der Waals surface area contributed by atoms with E-state index in [-0.39, 0.29) is 11.4 Å². The Morgan fingerprint density at radius 1 is 1.44 bits per heavy atom. The molecule has 0 fully saturated rings. The van der Waals surface area contributed by atoms with E-state index in [1.807, 2.05) is 0 Å². The molecule has 1 aromatic carbocycles. The average Bonchev–Trinajstić information content (AvgIpc) is 2.26. The fourth-order valence-electron chi connectivity index (χ4n) is 1.42. The summed E-state index contributed by atoms with van der Waals surface area (Å²) in [6, 6.07) is 3.88. The number of nitrogens with one attached hydrogen (secondary N) is 1. The molecule has 1 rings (SSSR count). The van der Waals surface area contributed by atoms with Gasteiger partial charge in [0.2, 0.25) is 10.0 Å². The summed E-state index contributed by atoms with van der Waals surface area (Å²) in [5.74, 6) is 0. The summed E-state index contributed by atoms with van der Waals surface area (Å²) in [6.45, 7) is 1.67. The molecular formula is C10H14N2O5S. The normalized spacial score (nSPS) is 13.1. The van der Waals surface area contributed by atoms with E-state index >= 15 is 0 Å². The van der Waals surface area contributed by atoms with Gasteiger partial charge in [0.25, 0.3) is 5.69 Å². The van der Waals surface area contributed by atoms with Crippen LogP contribution >= 0.6 is 0 Å². The van der Waals surface area contributed by atoms with Crippen molar-refractivity contribution in [1.82, 2.24) is 0 Å². The lowest BCUT2D eigenvalue weighted by Crippen LogP contribution is -2.12. The zero-order chi connectivity index (χ0) is 13.9. The molecule has 0 spiro atoms. The van der Waals surface area contributed by atoms with Gasteiger partial charge < -0.3 is 4.74 Å². The smallest absolute Gasteiger partial charge is 0.269 e. The van der Waals surface area contributed by atoms with Gasteiger partial charge in [-0.05, 0) is 13.0 Å². The minimum absolute atomic E-state index is 0.118. The van der Waals surface area contributed by atoms with E-state index in [9.17, 15) is 18.5 Å². The van der Waals surface area contributed by atoms with Crippen molar-refractivity contribution in [2.75, 3.05) is 18.1 Å². The van der Waals surface area contributed by atoms with Crippen molar-refractivity contribution < 1.29 is 18.1 Å². The molecule has 0 aliphatic heterocycles. The molecule has 8 heteroatoms. The summed E-state index contributed by atoms with van der Waals surface area (Å²) in [7, 11) is -2.01. The topological polar surface area (TPSA) is 98.5 Å². The maximum atomic E-state index is 11.2. The first-order chi connectivity index (χ1) is 8.24. The number of hydrogen-bond acceptors (Lipinski definition) is 5. The van der Waals surface area contributed by atoms with Crippen molar-refractivity contribution >= 4 is 21.4 Å². The Morgan fingerprint density at radius 3 is 2.50 bits per heavy atom. The maximum absolute atomic E-state index is 11.2. The Labute approximate surface area is 105 Å². The van der Waals surface area contributed by atoms with Crippen LogP contribution in [0.5, 0.6) is 0 Å². The molecule has 1 aromatic rings. The highest BCUT2D eigenvalue weighted by Crippen LogP contribution is 2.29. The Morgan fingerprint density at radius 2 is 2.06 bits per heavy atom. The zero-order valence-corrected chi connectivity index (χ0v) is 11.0. The van der Waals surface area contributed by atoms with Crippen molar-refractivity contribution in [3.8, 4) is 0 Å². The van der Waals surface area contributed by atoms with E-state index in [4.69, 9.17) is 4.74 Å². The van der Waals surface area contributed by atoms with Crippen molar-refractivity contribution in [3.05, 3.63) is 33.9 Å². The predicted octanol–water partition coefficient (Wildman–Crippen LogP) is 1.67. The summed E-state index contributed by atoms with van der Waals surface area (Å²) in [6.07, 6.45) is 0.546. The molecule has 0 saturated carbocycles. The van der Waals surface area contributed by atoms with Crippen LogP contribution in [0.25, 0.3) is 0 Å². The van der Waals surface area contributed by atoms with Gasteiger partial charge in [-0.2, -0.15) is 0 Å². The summed E-state index contributed by atoms with van der Waals surface area (Å²) < 4.78 is 29.8. The Hall–Kier alpha value is -1.67. The molecule has 100 valence electrons. The quantitative estimate of drug-likeness (QED) is 0.650. The monoisotopic (exact) mass is 274 g/mol. The highest BCUT2D eigenvalue weighted by Gasteiger charge is 2.17. The summed E-state index contributed by atoms with van der Waals surface area (Å²) in [5, 5.41) is 10.7. The van der Waals surface area contributed by atoms with Gasteiger partial charge in [-0.3, -0.25) is 14.8 Å². The number of non-ortho nitro benzene ring substituents is 1. The SMILES string of the molecule is COC(C)c1cc([N+](=O)[O-])ccc1NS(C)(=O)=O. The first kappa shape index (κ1) is 14.4. The van der Waals surface area contributed by atoms with E-state index in [0.717, 1.165) is 6.26 Å². The largest absolute Gasteiger partial charge is 0.377 e. The lowest BCUT2D eigenvalue weighted by molar-refractivity contribution is -0.385. The number of anilines is 1. The number of methoxy groups -OCH3 is 1. The number of rotatable bonds is 5. The van der Waals surface area contributed by atoms with Gasteiger partial charge in [-0.15, -0.1) is 0 Å². The van der Waals surface area contributed by atoms with Crippen LogP contribution in [0.2, 0.25) is 0 Å². The highest BCUT2D eigenvalue weighted by atomic mass is 32.2. The van der Waals surface area contributed by atoms with Gasteiger partial charge in [0.15, 0.2) is 0 Å². The van der Waals surface area contributed by atoms with Crippen LogP contribution in [0.4, 0.5) is 11.4 Å². The molecule has 0 aliphatic rings. The van der Waals surface area contributed by atoms with Gasteiger partial charge in [0, 0.05) is 24.8 Å². The van der Waals surface area contributed by atoms with Crippen LogP contribution in [0.3, 0.4) is 0 Å². The van der Waals surface area contributed by atoms with Crippen LogP contribution in [0.15, 0.2) is 18.2 Å². The van der Waals surface area contributed by atoms with Crippen LogP contribution in [0.1, 0.15) is 18.6 Å². The molecule has 0 saturated heterocycles. The number of benzene rings is 1. The predicted molar refractivity (Wildman–Crippen MR) is 67.0 cm³/mol. The van der Waals surface area contributed by atoms with Crippen molar-refractivity contribution in [3.63, 3.8) is 0 Å². The van der Waals surface area contributed by atoms with Gasteiger partial charge >= 0.3 is 0 Å². The molecular weight excluding hydrogens is 260 g/mol. The van der Waals surface area contributed by atoms with Crippen molar-refractivity contribution in [2.45, 2.75) is 13.0 Å². The van der Waals surface area contributed by atoms with Crippen LogP contribution < -0.4 is 4.72 Å². The Balaban J connectivity index is 3.29. The fourth-order valence-corrected chi connectivity index (χ4v) is 2.01. The van der Waals surface area contributed by atoms with E-state index in [1.165, 1.54) is 25.3 Å². The van der Waals surface area contributed by atoms with E-state index in [2.05, 4.69) is 4.72 Å². The lowest BCUT2D eigenvalue weighted by Gasteiger charge is -2.15. The third-order valence-corrected chi connectivity index (χ3v) is 2.92. The highest BCUT2D eigenvalue weighted by molar-refractivity contribution is 7.92. The second kappa shape index (κ2) is 5.32. The first-order valence-electron chi connectivity index (χ1n) is 5.03. The van der Waals surface area contributed by atoms with Gasteiger partial charge in [-0.25, -0.2) is 8.42 Å². The number of nitro benzene ring substituents is 1. The second-order valence-electron chi connectivity index (χ2n) is 3.78. The first-order valence-corrected chi connectivity index (χ1v) is 6.92. The number of sulfonamides is 1. The average molecular weight is 274 g/mol. The molecule has 0 heterocycles. The fraction of sp³-hybridized carbons (Fsp3) is 0.400. The molecule has 1 atom stereocenters. The number of ether oxygens (including phenoxy) is 1. The van der Waals surface area contributed by atoms with E-state index < -0.39 is 21.1 Å². The summed E-state index contributed by atoms with van der Waals surface area (Å²) in [4.78, 5) is 10.1. The Bertz CT molecular complexity index is 555. The van der Waals surface area contributed by atoms with Crippen LogP contribution in [-0.2, 0) is 14.8 Å². The van der Waals surface area contributed by atoms with Gasteiger partial charge in [-0.1, -0.05) is 0 Å². The van der Waals surface area contributed by atoms with Crippen molar-refractivity contribution in [2.24, 2.45) is 0 Å². The standard InChI is InChI=1S/C10H14N2O5S/c1-7(17-2)9-6-8(12(13)14)4-5-10(9)11-18(3,15)16/h4-7,11H,1-3H3. The minimum Gasteiger partial charge on any atom is -0.377 e. The molecule has 7 nitrogen and oxygen atoms in total. The molecule has 0 bridgehead atoms. The van der Waals surface area contributed by atoms with Crippen LogP contribution in [-0.4, -0.2) is 26.7 Å². The molecule has 0 aliphatic carbocycles.